The molecule has 0 fully saturated rings. The lowest BCUT2D eigenvalue weighted by Crippen LogP contribution is -2.51. The zero-order chi connectivity index (χ0) is 31.7. The first-order chi connectivity index (χ1) is 20.6. The molecule has 10 nitrogen and oxygen atoms in total. The maximum absolute atomic E-state index is 13.2. The average Bonchev–Trinajstić information content (AvgIpc) is 2.99. The number of nitrogens with zero attached hydrogens (tertiary/aromatic N) is 1. The fourth-order valence-corrected chi connectivity index (χ4v) is 4.15. The Morgan fingerprint density at radius 2 is 1.53 bits per heavy atom. The van der Waals surface area contributed by atoms with Gasteiger partial charge in [0.25, 0.3) is 0 Å². The summed E-state index contributed by atoms with van der Waals surface area (Å²) in [6.07, 6.45) is 2.55. The molecule has 43 heavy (non-hydrogen) atoms. The molecular weight excluding hydrogens is 550 g/mol. The van der Waals surface area contributed by atoms with Gasteiger partial charge in [-0.15, -0.1) is 13.2 Å². The lowest BCUT2D eigenvalue weighted by Gasteiger charge is -2.30. The number of aliphatic hydroxyl groups is 1. The molecule has 0 aliphatic heterocycles. The summed E-state index contributed by atoms with van der Waals surface area (Å²) < 4.78 is 10.6. The van der Waals surface area contributed by atoms with Gasteiger partial charge in [-0.1, -0.05) is 72.8 Å². The first-order valence-electron chi connectivity index (χ1n) is 14.2. The Morgan fingerprint density at radius 3 is 2.12 bits per heavy atom. The summed E-state index contributed by atoms with van der Waals surface area (Å²) in [4.78, 5) is 53.0. The first-order valence-corrected chi connectivity index (χ1v) is 14.2. The second kappa shape index (κ2) is 18.2. The van der Waals surface area contributed by atoms with Gasteiger partial charge in [-0.3, -0.25) is 9.59 Å². The normalized spacial score (nSPS) is 12.3. The van der Waals surface area contributed by atoms with Crippen LogP contribution < -0.4 is 10.6 Å². The molecule has 232 valence electrons. The number of carbonyl (C=O) groups excluding carboxylic acids is 4. The summed E-state index contributed by atoms with van der Waals surface area (Å²) in [5.41, 5.74) is 0.716. The van der Waals surface area contributed by atoms with E-state index in [1.807, 2.05) is 60.7 Å². The second-order valence-electron chi connectivity index (χ2n) is 10.7. The number of esters is 1. The minimum atomic E-state index is -1.03. The SMILES string of the molecule is C=CC[C@H](CC(=O)N(CCO)Cc1ccccc1)C(=O)NC(C)(C)COC(=O)[C@@H](CC=C)NC(=O)OCc1ccccc1. The number of hydrogen-bond acceptors (Lipinski definition) is 7. The number of amides is 3. The van der Waals surface area contributed by atoms with Crippen LogP contribution in [0, 0.1) is 5.92 Å². The van der Waals surface area contributed by atoms with E-state index in [-0.39, 0.29) is 51.5 Å². The lowest BCUT2D eigenvalue weighted by molar-refractivity contribution is -0.149. The zero-order valence-corrected chi connectivity index (χ0v) is 25.0. The Hall–Kier alpha value is -4.44. The van der Waals surface area contributed by atoms with Crippen molar-refractivity contribution in [1.29, 1.82) is 0 Å². The van der Waals surface area contributed by atoms with Crippen LogP contribution in [-0.4, -0.2) is 65.2 Å². The van der Waals surface area contributed by atoms with Crippen LogP contribution in [-0.2, 0) is 37.0 Å². The second-order valence-corrected chi connectivity index (χ2v) is 10.7. The third-order valence-corrected chi connectivity index (χ3v) is 6.41. The van der Waals surface area contributed by atoms with E-state index < -0.39 is 35.5 Å². The number of benzene rings is 2. The van der Waals surface area contributed by atoms with Crippen molar-refractivity contribution in [2.45, 2.75) is 57.8 Å². The van der Waals surface area contributed by atoms with Crippen LogP contribution in [0.15, 0.2) is 86.0 Å². The number of ether oxygens (including phenoxy) is 2. The molecule has 10 heteroatoms. The molecule has 2 aromatic rings. The van der Waals surface area contributed by atoms with Gasteiger partial charge in [-0.2, -0.15) is 0 Å². The van der Waals surface area contributed by atoms with E-state index >= 15 is 0 Å². The highest BCUT2D eigenvalue weighted by Gasteiger charge is 2.31. The van der Waals surface area contributed by atoms with Crippen molar-refractivity contribution in [3.05, 3.63) is 97.1 Å². The molecular formula is C33H43N3O7. The van der Waals surface area contributed by atoms with Gasteiger partial charge in [0.1, 0.15) is 19.3 Å². The van der Waals surface area contributed by atoms with Crippen molar-refractivity contribution in [1.82, 2.24) is 15.5 Å². The molecule has 0 spiro atoms. The fourth-order valence-electron chi connectivity index (χ4n) is 4.15. The van der Waals surface area contributed by atoms with Crippen LogP contribution in [0.1, 0.15) is 44.2 Å². The molecule has 3 N–H and O–H groups in total. The Labute approximate surface area is 253 Å². The summed E-state index contributed by atoms with van der Waals surface area (Å²) in [6.45, 7) is 10.8. The lowest BCUT2D eigenvalue weighted by atomic mass is 9.97. The number of carbonyl (C=O) groups is 4. The first kappa shape index (κ1) is 34.8. The average molecular weight is 594 g/mol. The Morgan fingerprint density at radius 1 is 0.930 bits per heavy atom. The molecule has 0 saturated carbocycles. The maximum atomic E-state index is 13.2. The molecule has 0 bridgehead atoms. The predicted molar refractivity (Wildman–Crippen MR) is 163 cm³/mol. The molecule has 0 heterocycles. The van der Waals surface area contributed by atoms with Crippen molar-refractivity contribution in [2.24, 2.45) is 5.92 Å². The van der Waals surface area contributed by atoms with Gasteiger partial charge in [-0.25, -0.2) is 9.59 Å². The van der Waals surface area contributed by atoms with Gasteiger partial charge >= 0.3 is 12.1 Å². The van der Waals surface area contributed by atoms with Crippen molar-refractivity contribution in [3.8, 4) is 0 Å². The number of allylic oxidation sites excluding steroid dienone is 1. The summed E-state index contributed by atoms with van der Waals surface area (Å²) in [7, 11) is 0. The molecule has 2 atom stereocenters. The van der Waals surface area contributed by atoms with Gasteiger partial charge in [0.15, 0.2) is 0 Å². The molecule has 0 saturated heterocycles. The van der Waals surface area contributed by atoms with Gasteiger partial charge in [0, 0.05) is 19.5 Å². The summed E-state index contributed by atoms with van der Waals surface area (Å²) in [5.74, 6) is -2.10. The predicted octanol–water partition coefficient (Wildman–Crippen LogP) is 3.90. The van der Waals surface area contributed by atoms with E-state index in [9.17, 15) is 24.3 Å². The standard InChI is InChI=1S/C33H43N3O7/c1-5-13-27(21-29(38)36(19-20-37)22-25-15-9-7-10-16-25)30(39)35-33(3,4)24-43-31(40)28(14-6-2)34-32(41)42-23-26-17-11-8-12-18-26/h5-12,15-18,27-28,37H,1-2,13-14,19-24H2,3-4H3,(H,34,41)(H,35,39)/t27-,28-/m1/s1. The molecule has 0 aliphatic rings. The van der Waals surface area contributed by atoms with E-state index in [0.29, 0.717) is 6.54 Å². The van der Waals surface area contributed by atoms with E-state index in [0.717, 1.165) is 11.1 Å². The van der Waals surface area contributed by atoms with Crippen molar-refractivity contribution in [2.75, 3.05) is 19.8 Å². The van der Waals surface area contributed by atoms with Gasteiger partial charge in [-0.05, 0) is 37.8 Å². The molecule has 2 rings (SSSR count). The van der Waals surface area contributed by atoms with E-state index in [1.165, 1.54) is 11.0 Å². The molecule has 0 radical (unpaired) electrons. The summed E-state index contributed by atoms with van der Waals surface area (Å²) in [5, 5.41) is 14.8. The van der Waals surface area contributed by atoms with Crippen LogP contribution in [0.25, 0.3) is 0 Å². The Bertz CT molecular complexity index is 1200. The van der Waals surface area contributed by atoms with Crippen molar-refractivity contribution >= 4 is 23.9 Å². The number of nitrogens with one attached hydrogen (secondary N) is 2. The van der Waals surface area contributed by atoms with Crippen molar-refractivity contribution < 1.29 is 33.8 Å². The van der Waals surface area contributed by atoms with Crippen LogP contribution in [0.4, 0.5) is 4.79 Å². The number of alkyl carbamates (subject to hydrolysis) is 1. The minimum Gasteiger partial charge on any atom is -0.462 e. The molecule has 0 aromatic heterocycles. The fraction of sp³-hybridized carbons (Fsp3) is 0.394. The zero-order valence-electron chi connectivity index (χ0n) is 25.0. The third-order valence-electron chi connectivity index (χ3n) is 6.41. The monoisotopic (exact) mass is 593 g/mol. The Kier molecular flexibility index (Phi) is 14.7. The highest BCUT2D eigenvalue weighted by atomic mass is 16.6. The quantitative estimate of drug-likeness (QED) is 0.176. The molecule has 2 aromatic carbocycles. The largest absolute Gasteiger partial charge is 0.462 e. The van der Waals surface area contributed by atoms with E-state index in [4.69, 9.17) is 9.47 Å². The van der Waals surface area contributed by atoms with Gasteiger partial charge in [0.05, 0.1) is 18.1 Å². The van der Waals surface area contributed by atoms with E-state index in [1.54, 1.807) is 19.9 Å². The molecule has 3 amide bonds. The molecule has 0 aliphatic carbocycles. The van der Waals surface area contributed by atoms with Crippen LogP contribution >= 0.6 is 0 Å². The summed E-state index contributed by atoms with van der Waals surface area (Å²) in [6, 6.07) is 17.5. The third kappa shape index (κ3) is 13.0. The van der Waals surface area contributed by atoms with Crippen LogP contribution in [0.3, 0.4) is 0 Å². The van der Waals surface area contributed by atoms with E-state index in [2.05, 4.69) is 23.8 Å². The van der Waals surface area contributed by atoms with Gasteiger partial charge in [0.2, 0.25) is 11.8 Å². The number of aliphatic hydroxyl groups excluding tert-OH is 1. The van der Waals surface area contributed by atoms with Crippen LogP contribution in [0.5, 0.6) is 0 Å². The van der Waals surface area contributed by atoms with Gasteiger partial charge < -0.3 is 30.1 Å². The van der Waals surface area contributed by atoms with Crippen molar-refractivity contribution in [3.63, 3.8) is 0 Å². The number of rotatable bonds is 18. The Balaban J connectivity index is 1.94. The highest BCUT2D eigenvalue weighted by molar-refractivity contribution is 5.86. The number of hydrogen-bond donors (Lipinski definition) is 3. The highest BCUT2D eigenvalue weighted by Crippen LogP contribution is 2.17. The topological polar surface area (TPSA) is 134 Å². The minimum absolute atomic E-state index is 0.0417. The summed E-state index contributed by atoms with van der Waals surface area (Å²) >= 11 is 0. The smallest absolute Gasteiger partial charge is 0.408 e. The molecule has 0 unspecified atom stereocenters. The van der Waals surface area contributed by atoms with Crippen LogP contribution in [0.2, 0.25) is 0 Å². The maximum Gasteiger partial charge on any atom is 0.408 e.